The highest BCUT2D eigenvalue weighted by molar-refractivity contribution is 6.35. The number of hydrogen-bond acceptors (Lipinski definition) is 4. The van der Waals surface area contributed by atoms with Crippen LogP contribution in [0.1, 0.15) is 43.2 Å². The van der Waals surface area contributed by atoms with Crippen LogP contribution < -0.4 is 14.8 Å². The molecule has 3 rings (SSSR count). The van der Waals surface area contributed by atoms with E-state index in [1.165, 1.54) is 13.5 Å². The lowest BCUT2D eigenvalue weighted by Gasteiger charge is -2.22. The largest absolute Gasteiger partial charge is 0.493 e. The highest BCUT2D eigenvalue weighted by Gasteiger charge is 2.18. The van der Waals surface area contributed by atoms with Gasteiger partial charge in [-0.2, -0.15) is 5.26 Å². The van der Waals surface area contributed by atoms with Crippen LogP contribution in [0.4, 0.5) is 0 Å². The second kappa shape index (κ2) is 11.1. The molecule has 0 saturated heterocycles. The molecule has 7 heteroatoms. The Balaban J connectivity index is 1.73. The lowest BCUT2D eigenvalue weighted by atomic mass is 9.95. The van der Waals surface area contributed by atoms with Gasteiger partial charge in [0.25, 0.3) is 5.91 Å². The van der Waals surface area contributed by atoms with Gasteiger partial charge < -0.3 is 14.8 Å². The van der Waals surface area contributed by atoms with Crippen LogP contribution in [0, 0.1) is 11.3 Å². The van der Waals surface area contributed by atoms with Crippen LogP contribution in [0.3, 0.4) is 0 Å². The van der Waals surface area contributed by atoms with E-state index in [1.807, 2.05) is 6.07 Å². The second-order valence-electron chi connectivity index (χ2n) is 7.38. The Labute approximate surface area is 192 Å². The summed E-state index contributed by atoms with van der Waals surface area (Å²) >= 11 is 12.4. The number of carbonyl (C=O) groups excluding carboxylic acids is 1. The first-order valence-electron chi connectivity index (χ1n) is 10.2. The SMILES string of the molecule is COc1cc(/C=C(/C#N)C(=O)NC2CCCCC2)ccc1OCc1c(Cl)cccc1Cl. The van der Waals surface area contributed by atoms with E-state index in [0.29, 0.717) is 32.7 Å². The number of benzene rings is 2. The maximum atomic E-state index is 12.5. The molecule has 1 N–H and O–H groups in total. The average molecular weight is 459 g/mol. The van der Waals surface area contributed by atoms with Gasteiger partial charge in [-0.1, -0.05) is 54.6 Å². The van der Waals surface area contributed by atoms with Crippen LogP contribution in [0.25, 0.3) is 6.08 Å². The maximum Gasteiger partial charge on any atom is 0.262 e. The molecular formula is C24H24Cl2N2O3. The molecule has 0 atom stereocenters. The molecule has 0 aliphatic heterocycles. The van der Waals surface area contributed by atoms with Crippen molar-refractivity contribution in [1.82, 2.24) is 5.32 Å². The number of carbonyl (C=O) groups is 1. The minimum Gasteiger partial charge on any atom is -0.493 e. The number of hydrogen-bond donors (Lipinski definition) is 1. The lowest BCUT2D eigenvalue weighted by Crippen LogP contribution is -2.36. The monoisotopic (exact) mass is 458 g/mol. The maximum absolute atomic E-state index is 12.5. The van der Waals surface area contributed by atoms with E-state index in [1.54, 1.807) is 42.5 Å². The summed E-state index contributed by atoms with van der Waals surface area (Å²) in [5.74, 6) is 0.629. The minimum atomic E-state index is -0.345. The van der Waals surface area contributed by atoms with Crippen molar-refractivity contribution in [3.05, 3.63) is 63.1 Å². The Hall–Kier alpha value is -2.68. The van der Waals surface area contributed by atoms with Crippen molar-refractivity contribution in [1.29, 1.82) is 5.26 Å². The van der Waals surface area contributed by atoms with E-state index in [4.69, 9.17) is 32.7 Å². The van der Waals surface area contributed by atoms with Gasteiger partial charge in [0.05, 0.1) is 7.11 Å². The molecule has 1 aliphatic carbocycles. The molecule has 0 heterocycles. The molecule has 1 saturated carbocycles. The number of nitrogens with zero attached hydrogens (tertiary/aromatic N) is 1. The van der Waals surface area contributed by atoms with Gasteiger partial charge in [0.2, 0.25) is 0 Å². The summed E-state index contributed by atoms with van der Waals surface area (Å²) in [7, 11) is 1.53. The fraction of sp³-hybridized carbons (Fsp3) is 0.333. The summed E-state index contributed by atoms with van der Waals surface area (Å²) in [6.07, 6.45) is 6.88. The van der Waals surface area contributed by atoms with E-state index in [0.717, 1.165) is 25.7 Å². The van der Waals surface area contributed by atoms with E-state index >= 15 is 0 Å². The third-order valence-corrected chi connectivity index (χ3v) is 5.95. The van der Waals surface area contributed by atoms with E-state index < -0.39 is 0 Å². The quantitative estimate of drug-likeness (QED) is 0.411. The average Bonchev–Trinajstić information content (AvgIpc) is 2.78. The number of nitriles is 1. The number of methoxy groups -OCH3 is 1. The molecule has 1 amide bonds. The van der Waals surface area contributed by atoms with Crippen molar-refractivity contribution in [2.75, 3.05) is 7.11 Å². The predicted octanol–water partition coefficient (Wildman–Crippen LogP) is 5.94. The molecular weight excluding hydrogens is 435 g/mol. The summed E-state index contributed by atoms with van der Waals surface area (Å²) in [4.78, 5) is 12.5. The molecule has 0 bridgehead atoms. The van der Waals surface area contributed by atoms with Crippen molar-refractivity contribution in [3.8, 4) is 17.6 Å². The van der Waals surface area contributed by atoms with Crippen molar-refractivity contribution in [2.24, 2.45) is 0 Å². The number of ether oxygens (including phenoxy) is 2. The second-order valence-corrected chi connectivity index (χ2v) is 8.19. The first-order chi connectivity index (χ1) is 15.0. The zero-order valence-electron chi connectivity index (χ0n) is 17.3. The third kappa shape index (κ3) is 6.16. The van der Waals surface area contributed by atoms with Crippen molar-refractivity contribution < 1.29 is 14.3 Å². The molecule has 31 heavy (non-hydrogen) atoms. The fourth-order valence-corrected chi connectivity index (χ4v) is 4.05. The van der Waals surface area contributed by atoms with E-state index in [2.05, 4.69) is 5.32 Å². The molecule has 2 aromatic carbocycles. The predicted molar refractivity (Wildman–Crippen MR) is 122 cm³/mol. The molecule has 1 aliphatic rings. The number of halogens is 2. The Morgan fingerprint density at radius 2 is 1.87 bits per heavy atom. The fourth-order valence-electron chi connectivity index (χ4n) is 3.54. The third-order valence-electron chi connectivity index (χ3n) is 5.24. The van der Waals surface area contributed by atoms with Gasteiger partial charge in [0.15, 0.2) is 11.5 Å². The Morgan fingerprint density at radius 3 is 2.52 bits per heavy atom. The van der Waals surface area contributed by atoms with Gasteiger partial charge in [-0.25, -0.2) is 0 Å². The Morgan fingerprint density at radius 1 is 1.16 bits per heavy atom. The molecule has 1 fully saturated rings. The molecule has 0 radical (unpaired) electrons. The van der Waals surface area contributed by atoms with Gasteiger partial charge >= 0.3 is 0 Å². The number of amides is 1. The topological polar surface area (TPSA) is 71.3 Å². The van der Waals surface area contributed by atoms with E-state index in [-0.39, 0.29) is 24.1 Å². The Bertz CT molecular complexity index is 988. The van der Waals surface area contributed by atoms with Crippen LogP contribution in [0.2, 0.25) is 10.0 Å². The normalized spacial score (nSPS) is 14.6. The summed E-state index contributed by atoms with van der Waals surface area (Å²) in [6.45, 7) is 0.178. The lowest BCUT2D eigenvalue weighted by molar-refractivity contribution is -0.117. The molecule has 5 nitrogen and oxygen atoms in total. The van der Waals surface area contributed by atoms with Crippen molar-refractivity contribution >= 4 is 35.2 Å². The van der Waals surface area contributed by atoms with Gasteiger partial charge in [0, 0.05) is 21.7 Å². The first-order valence-corrected chi connectivity index (χ1v) is 10.9. The first kappa shape index (κ1) is 23.0. The summed E-state index contributed by atoms with van der Waals surface area (Å²) < 4.78 is 11.3. The highest BCUT2D eigenvalue weighted by atomic mass is 35.5. The summed E-state index contributed by atoms with van der Waals surface area (Å²) in [5.41, 5.74) is 1.41. The molecule has 0 aromatic heterocycles. The smallest absolute Gasteiger partial charge is 0.262 e. The zero-order valence-corrected chi connectivity index (χ0v) is 18.8. The van der Waals surface area contributed by atoms with Gasteiger partial charge in [-0.05, 0) is 48.7 Å². The molecule has 0 spiro atoms. The molecule has 162 valence electrons. The van der Waals surface area contributed by atoms with Crippen LogP contribution in [0.15, 0.2) is 42.0 Å². The molecule has 0 unspecified atom stereocenters. The van der Waals surface area contributed by atoms with Crippen LogP contribution >= 0.6 is 23.2 Å². The van der Waals surface area contributed by atoms with E-state index in [9.17, 15) is 10.1 Å². The summed E-state index contributed by atoms with van der Waals surface area (Å²) in [6, 6.07) is 12.6. The van der Waals surface area contributed by atoms with Crippen LogP contribution in [0.5, 0.6) is 11.5 Å². The number of rotatable bonds is 7. The molecule has 2 aromatic rings. The minimum absolute atomic E-state index is 0.0594. The van der Waals surface area contributed by atoms with Crippen LogP contribution in [-0.2, 0) is 11.4 Å². The highest BCUT2D eigenvalue weighted by Crippen LogP contribution is 2.32. The van der Waals surface area contributed by atoms with Gasteiger partial charge in [-0.15, -0.1) is 0 Å². The summed E-state index contributed by atoms with van der Waals surface area (Å²) in [5, 5.41) is 13.5. The van der Waals surface area contributed by atoms with Gasteiger partial charge in [-0.3, -0.25) is 4.79 Å². The van der Waals surface area contributed by atoms with Gasteiger partial charge in [0.1, 0.15) is 18.2 Å². The number of nitrogens with one attached hydrogen (secondary N) is 1. The van der Waals surface area contributed by atoms with Crippen molar-refractivity contribution in [2.45, 2.75) is 44.8 Å². The van der Waals surface area contributed by atoms with Crippen molar-refractivity contribution in [3.63, 3.8) is 0 Å². The zero-order chi connectivity index (χ0) is 22.2. The Kier molecular flexibility index (Phi) is 8.22. The van der Waals surface area contributed by atoms with Crippen LogP contribution in [-0.4, -0.2) is 19.1 Å². The standard InChI is InChI=1S/C24H24Cl2N2O3/c1-30-23-13-16(12-17(14-27)24(29)28-18-6-3-2-4-7-18)10-11-22(23)31-15-19-20(25)8-5-9-21(19)26/h5,8-13,18H,2-4,6-7,15H2,1H3,(H,28,29)/b17-12-.